The lowest BCUT2D eigenvalue weighted by molar-refractivity contribution is 0.182. The molecule has 3 nitrogen and oxygen atoms in total. The van der Waals surface area contributed by atoms with Crippen molar-refractivity contribution in [3.63, 3.8) is 0 Å². The number of hydrogen-bond donors (Lipinski definition) is 1. The summed E-state index contributed by atoms with van der Waals surface area (Å²) in [6, 6.07) is 8.93. The lowest BCUT2D eigenvalue weighted by Crippen LogP contribution is -2.37. The van der Waals surface area contributed by atoms with Crippen LogP contribution in [0.25, 0.3) is 0 Å². The van der Waals surface area contributed by atoms with Crippen molar-refractivity contribution in [2.45, 2.75) is 26.4 Å². The highest BCUT2D eigenvalue weighted by Gasteiger charge is 2.15. The number of nitrogens with one attached hydrogen (secondary N) is 1. The van der Waals surface area contributed by atoms with E-state index in [1.54, 1.807) is 7.11 Å². The molecule has 0 saturated carbocycles. The van der Waals surface area contributed by atoms with Crippen LogP contribution in [0, 0.1) is 0 Å². The summed E-state index contributed by atoms with van der Waals surface area (Å²) in [5, 5.41) is 3.22. The van der Waals surface area contributed by atoms with Crippen molar-refractivity contribution in [1.82, 2.24) is 5.32 Å². The number of ether oxygens (including phenoxy) is 1. The molecule has 0 heterocycles. The topological polar surface area (TPSA) is 24.5 Å². The second kappa shape index (κ2) is 7.30. The lowest BCUT2D eigenvalue weighted by Gasteiger charge is -2.31. The SMILES string of the molecule is CCN(c1ccccc1CNC)C(C)COC. The Hall–Kier alpha value is -1.06. The standard InChI is InChI=1S/C14H24N2O/c1-5-16(12(2)11-17-4)14-9-7-6-8-13(14)10-15-3/h6-9,12,15H,5,10-11H2,1-4H3. The fourth-order valence-electron chi connectivity index (χ4n) is 2.18. The molecule has 0 amide bonds. The van der Waals surface area contributed by atoms with Gasteiger partial charge in [0.1, 0.15) is 0 Å². The van der Waals surface area contributed by atoms with Crippen LogP contribution in [0.4, 0.5) is 5.69 Å². The summed E-state index contributed by atoms with van der Waals surface area (Å²) in [4.78, 5) is 2.39. The zero-order valence-electron chi connectivity index (χ0n) is 11.4. The van der Waals surface area contributed by atoms with Crippen LogP contribution in [-0.4, -0.2) is 33.4 Å². The quantitative estimate of drug-likeness (QED) is 0.786. The van der Waals surface area contributed by atoms with Gasteiger partial charge >= 0.3 is 0 Å². The molecule has 1 atom stereocenters. The van der Waals surface area contributed by atoms with Gasteiger partial charge in [-0.3, -0.25) is 0 Å². The summed E-state index contributed by atoms with van der Waals surface area (Å²) < 4.78 is 5.25. The Morgan fingerprint density at radius 2 is 2.06 bits per heavy atom. The van der Waals surface area contributed by atoms with Crippen molar-refractivity contribution < 1.29 is 4.74 Å². The Labute approximate surface area is 105 Å². The van der Waals surface area contributed by atoms with Crippen LogP contribution >= 0.6 is 0 Å². The van der Waals surface area contributed by atoms with Gasteiger partial charge in [0.25, 0.3) is 0 Å². The van der Waals surface area contributed by atoms with Crippen molar-refractivity contribution >= 4 is 5.69 Å². The maximum Gasteiger partial charge on any atom is 0.0663 e. The van der Waals surface area contributed by atoms with Crippen LogP contribution in [0.3, 0.4) is 0 Å². The lowest BCUT2D eigenvalue weighted by atomic mass is 10.1. The van der Waals surface area contributed by atoms with Crippen LogP contribution in [0.1, 0.15) is 19.4 Å². The van der Waals surface area contributed by atoms with Gasteiger partial charge in [-0.25, -0.2) is 0 Å². The van der Waals surface area contributed by atoms with E-state index in [2.05, 4.69) is 48.3 Å². The van der Waals surface area contributed by atoms with Crippen molar-refractivity contribution in [1.29, 1.82) is 0 Å². The molecule has 1 unspecified atom stereocenters. The highest BCUT2D eigenvalue weighted by Crippen LogP contribution is 2.22. The van der Waals surface area contributed by atoms with E-state index >= 15 is 0 Å². The van der Waals surface area contributed by atoms with Gasteiger partial charge in [0.15, 0.2) is 0 Å². The number of likely N-dealkylation sites (N-methyl/N-ethyl adjacent to an activating group) is 1. The third kappa shape index (κ3) is 3.72. The molecule has 1 N–H and O–H groups in total. The number of rotatable bonds is 7. The van der Waals surface area contributed by atoms with E-state index in [-0.39, 0.29) is 0 Å². The molecule has 0 saturated heterocycles. The number of para-hydroxylation sites is 1. The second-order valence-corrected chi connectivity index (χ2v) is 4.25. The molecule has 0 aromatic heterocycles. The molecular formula is C14H24N2O. The fourth-order valence-corrected chi connectivity index (χ4v) is 2.18. The number of methoxy groups -OCH3 is 1. The minimum absolute atomic E-state index is 0.392. The zero-order valence-corrected chi connectivity index (χ0v) is 11.4. The van der Waals surface area contributed by atoms with Crippen LogP contribution in [0.5, 0.6) is 0 Å². The van der Waals surface area contributed by atoms with E-state index in [0.717, 1.165) is 19.7 Å². The zero-order chi connectivity index (χ0) is 12.7. The number of nitrogens with zero attached hydrogens (tertiary/aromatic N) is 1. The largest absolute Gasteiger partial charge is 0.383 e. The van der Waals surface area contributed by atoms with E-state index in [1.807, 2.05) is 7.05 Å². The number of benzene rings is 1. The molecule has 96 valence electrons. The van der Waals surface area contributed by atoms with Crippen molar-refractivity contribution in [2.75, 3.05) is 32.2 Å². The Morgan fingerprint density at radius 1 is 1.35 bits per heavy atom. The van der Waals surface area contributed by atoms with E-state index in [9.17, 15) is 0 Å². The van der Waals surface area contributed by atoms with Gasteiger partial charge < -0.3 is 15.0 Å². The van der Waals surface area contributed by atoms with E-state index in [0.29, 0.717) is 6.04 Å². The van der Waals surface area contributed by atoms with Gasteiger partial charge in [0.2, 0.25) is 0 Å². The first-order valence-corrected chi connectivity index (χ1v) is 6.22. The maximum absolute atomic E-state index is 5.25. The van der Waals surface area contributed by atoms with Crippen molar-refractivity contribution in [3.05, 3.63) is 29.8 Å². The summed E-state index contributed by atoms with van der Waals surface area (Å²) in [6.07, 6.45) is 0. The van der Waals surface area contributed by atoms with E-state index in [1.165, 1.54) is 11.3 Å². The van der Waals surface area contributed by atoms with Crippen molar-refractivity contribution in [3.8, 4) is 0 Å². The average molecular weight is 236 g/mol. The molecule has 3 heteroatoms. The third-order valence-electron chi connectivity index (χ3n) is 2.95. The first-order valence-electron chi connectivity index (χ1n) is 6.22. The van der Waals surface area contributed by atoms with Gasteiger partial charge in [-0.1, -0.05) is 18.2 Å². The third-order valence-corrected chi connectivity index (χ3v) is 2.95. The molecular weight excluding hydrogens is 212 g/mol. The Kier molecular flexibility index (Phi) is 6.01. The Bertz CT molecular complexity index is 328. The maximum atomic E-state index is 5.25. The van der Waals surface area contributed by atoms with Gasteiger partial charge in [0, 0.05) is 31.9 Å². The van der Waals surface area contributed by atoms with Crippen molar-refractivity contribution in [2.24, 2.45) is 0 Å². The molecule has 1 rings (SSSR count). The first-order chi connectivity index (χ1) is 8.24. The Morgan fingerprint density at radius 3 is 2.65 bits per heavy atom. The van der Waals surface area contributed by atoms with Crippen LogP contribution in [-0.2, 0) is 11.3 Å². The van der Waals surface area contributed by atoms with E-state index in [4.69, 9.17) is 4.74 Å². The first kappa shape index (κ1) is 14.0. The molecule has 0 fully saturated rings. The number of anilines is 1. The van der Waals surface area contributed by atoms with E-state index < -0.39 is 0 Å². The predicted molar refractivity (Wildman–Crippen MR) is 73.6 cm³/mol. The monoisotopic (exact) mass is 236 g/mol. The summed E-state index contributed by atoms with van der Waals surface area (Å²) in [5.41, 5.74) is 2.63. The highest BCUT2D eigenvalue weighted by atomic mass is 16.5. The normalized spacial score (nSPS) is 12.5. The second-order valence-electron chi connectivity index (χ2n) is 4.25. The minimum Gasteiger partial charge on any atom is -0.383 e. The van der Waals surface area contributed by atoms with Gasteiger partial charge in [-0.2, -0.15) is 0 Å². The molecule has 1 aromatic carbocycles. The Balaban J connectivity index is 2.93. The van der Waals surface area contributed by atoms with Gasteiger partial charge in [0.05, 0.1) is 6.61 Å². The van der Waals surface area contributed by atoms with Crippen LogP contribution in [0.2, 0.25) is 0 Å². The van der Waals surface area contributed by atoms with Gasteiger partial charge in [-0.15, -0.1) is 0 Å². The average Bonchev–Trinajstić information content (AvgIpc) is 2.33. The highest BCUT2D eigenvalue weighted by molar-refractivity contribution is 5.54. The minimum atomic E-state index is 0.392. The van der Waals surface area contributed by atoms with Crippen LogP contribution < -0.4 is 10.2 Å². The van der Waals surface area contributed by atoms with Gasteiger partial charge in [-0.05, 0) is 32.5 Å². The molecule has 0 aliphatic heterocycles. The number of hydrogen-bond acceptors (Lipinski definition) is 3. The summed E-state index contributed by atoms with van der Waals surface area (Å²) in [6.45, 7) is 7.02. The summed E-state index contributed by atoms with van der Waals surface area (Å²) >= 11 is 0. The molecule has 0 radical (unpaired) electrons. The molecule has 0 aliphatic carbocycles. The molecule has 0 aliphatic rings. The predicted octanol–water partition coefficient (Wildman–Crippen LogP) is 2.27. The molecule has 0 spiro atoms. The summed E-state index contributed by atoms with van der Waals surface area (Å²) in [7, 11) is 3.73. The van der Waals surface area contributed by atoms with Crippen LogP contribution in [0.15, 0.2) is 24.3 Å². The summed E-state index contributed by atoms with van der Waals surface area (Å²) in [5.74, 6) is 0. The molecule has 0 bridgehead atoms. The molecule has 17 heavy (non-hydrogen) atoms. The molecule has 1 aromatic rings. The fraction of sp³-hybridized carbons (Fsp3) is 0.571. The smallest absolute Gasteiger partial charge is 0.0663 e.